The molecule has 0 aliphatic carbocycles. The number of thioether (sulfide) groups is 1. The second kappa shape index (κ2) is 5.98. The van der Waals surface area contributed by atoms with Gasteiger partial charge in [0.25, 0.3) is 5.91 Å². The Balaban J connectivity index is 1.83. The quantitative estimate of drug-likeness (QED) is 0.833. The van der Waals surface area contributed by atoms with E-state index in [9.17, 15) is 9.18 Å². The van der Waals surface area contributed by atoms with Crippen molar-refractivity contribution in [1.82, 2.24) is 5.32 Å². The van der Waals surface area contributed by atoms with E-state index in [0.29, 0.717) is 21.5 Å². The van der Waals surface area contributed by atoms with Gasteiger partial charge in [0.15, 0.2) is 5.17 Å². The molecule has 1 amide bonds. The van der Waals surface area contributed by atoms with Crippen molar-refractivity contribution in [2.75, 3.05) is 0 Å². The van der Waals surface area contributed by atoms with Gasteiger partial charge in [-0.3, -0.25) is 4.79 Å². The zero-order valence-corrected chi connectivity index (χ0v) is 13.0. The van der Waals surface area contributed by atoms with Gasteiger partial charge < -0.3 is 9.73 Å². The van der Waals surface area contributed by atoms with E-state index in [-0.39, 0.29) is 10.9 Å². The summed E-state index contributed by atoms with van der Waals surface area (Å²) >= 11 is 6.89. The third-order valence-electron chi connectivity index (χ3n) is 2.82. The van der Waals surface area contributed by atoms with Crippen molar-refractivity contribution in [3.8, 4) is 0 Å². The van der Waals surface area contributed by atoms with E-state index in [2.05, 4.69) is 10.3 Å². The first kappa shape index (κ1) is 14.9. The minimum atomic E-state index is -0.512. The predicted octanol–water partition coefficient (Wildman–Crippen LogP) is 4.27. The number of amides is 1. The van der Waals surface area contributed by atoms with E-state index in [0.717, 1.165) is 5.76 Å². The topological polar surface area (TPSA) is 54.6 Å². The van der Waals surface area contributed by atoms with Crippen LogP contribution < -0.4 is 5.32 Å². The number of hydrogen-bond donors (Lipinski definition) is 1. The van der Waals surface area contributed by atoms with Crippen molar-refractivity contribution in [3.05, 3.63) is 57.6 Å². The summed E-state index contributed by atoms with van der Waals surface area (Å²) in [5.41, 5.74) is 0.462. The molecule has 1 fully saturated rings. The van der Waals surface area contributed by atoms with E-state index in [1.54, 1.807) is 12.1 Å². The fraction of sp³-hybridized carbons (Fsp3) is 0.0667. The van der Waals surface area contributed by atoms with Gasteiger partial charge in [-0.1, -0.05) is 11.6 Å². The lowest BCUT2D eigenvalue weighted by Crippen LogP contribution is -2.19. The summed E-state index contributed by atoms with van der Waals surface area (Å²) in [5.74, 6) is 0.597. The number of aliphatic imine (C=N–C) groups is 1. The van der Waals surface area contributed by atoms with Gasteiger partial charge in [0.05, 0.1) is 15.6 Å². The van der Waals surface area contributed by atoms with Crippen LogP contribution in [0.3, 0.4) is 0 Å². The van der Waals surface area contributed by atoms with Gasteiger partial charge in [-0.05, 0) is 49.0 Å². The molecular weight excluding hydrogens is 327 g/mol. The first-order valence-corrected chi connectivity index (χ1v) is 7.52. The molecule has 2 aromatic rings. The van der Waals surface area contributed by atoms with Crippen molar-refractivity contribution >= 4 is 46.2 Å². The molecule has 1 saturated heterocycles. The van der Waals surface area contributed by atoms with Crippen LogP contribution in [0.1, 0.15) is 11.5 Å². The smallest absolute Gasteiger partial charge is 0.264 e. The molecule has 1 N–H and O–H groups in total. The van der Waals surface area contributed by atoms with Gasteiger partial charge in [0, 0.05) is 6.08 Å². The molecule has 112 valence electrons. The lowest BCUT2D eigenvalue weighted by atomic mass is 10.3. The maximum Gasteiger partial charge on any atom is 0.264 e. The first-order chi connectivity index (χ1) is 10.5. The Bertz CT molecular complexity index is 814. The molecule has 2 heterocycles. The third-order valence-corrected chi connectivity index (χ3v) is 4.02. The molecule has 0 atom stereocenters. The van der Waals surface area contributed by atoms with Gasteiger partial charge in [0.1, 0.15) is 17.3 Å². The van der Waals surface area contributed by atoms with Crippen molar-refractivity contribution in [2.24, 2.45) is 4.99 Å². The van der Waals surface area contributed by atoms with Crippen LogP contribution in [-0.2, 0) is 4.79 Å². The highest BCUT2D eigenvalue weighted by Crippen LogP contribution is 2.29. The number of rotatable bonds is 2. The fourth-order valence-corrected chi connectivity index (χ4v) is 2.81. The Hall–Kier alpha value is -2.05. The lowest BCUT2D eigenvalue weighted by molar-refractivity contribution is -0.115. The second-order valence-electron chi connectivity index (χ2n) is 4.53. The Labute approximate surface area is 135 Å². The van der Waals surface area contributed by atoms with E-state index in [4.69, 9.17) is 16.0 Å². The molecule has 1 aliphatic heterocycles. The Kier molecular flexibility index (Phi) is 4.04. The minimum Gasteiger partial charge on any atom is -0.462 e. The summed E-state index contributed by atoms with van der Waals surface area (Å²) in [4.78, 5) is 16.6. The van der Waals surface area contributed by atoms with Crippen molar-refractivity contribution in [2.45, 2.75) is 6.92 Å². The van der Waals surface area contributed by atoms with Gasteiger partial charge in [-0.15, -0.1) is 0 Å². The van der Waals surface area contributed by atoms with E-state index in [1.807, 2.05) is 13.0 Å². The highest BCUT2D eigenvalue weighted by molar-refractivity contribution is 8.18. The predicted molar refractivity (Wildman–Crippen MR) is 85.7 cm³/mol. The van der Waals surface area contributed by atoms with Gasteiger partial charge in [-0.2, -0.15) is 0 Å². The summed E-state index contributed by atoms with van der Waals surface area (Å²) in [7, 11) is 0. The summed E-state index contributed by atoms with van der Waals surface area (Å²) in [5, 5.41) is 3.03. The lowest BCUT2D eigenvalue weighted by Gasteiger charge is -1.98. The van der Waals surface area contributed by atoms with Crippen molar-refractivity contribution in [3.63, 3.8) is 0 Å². The van der Waals surface area contributed by atoms with Crippen LogP contribution in [0.25, 0.3) is 6.08 Å². The molecule has 22 heavy (non-hydrogen) atoms. The average molecular weight is 337 g/mol. The largest absolute Gasteiger partial charge is 0.462 e. The van der Waals surface area contributed by atoms with Crippen molar-refractivity contribution in [1.29, 1.82) is 0 Å². The van der Waals surface area contributed by atoms with Gasteiger partial charge >= 0.3 is 0 Å². The number of benzene rings is 1. The molecule has 4 nitrogen and oxygen atoms in total. The number of amidine groups is 1. The van der Waals surface area contributed by atoms with Crippen LogP contribution in [0.5, 0.6) is 0 Å². The van der Waals surface area contributed by atoms with Gasteiger partial charge in [-0.25, -0.2) is 9.38 Å². The van der Waals surface area contributed by atoms with Crippen LogP contribution in [0.4, 0.5) is 10.1 Å². The maximum atomic E-state index is 13.1. The summed E-state index contributed by atoms with van der Waals surface area (Å²) in [6.45, 7) is 1.83. The molecule has 0 bridgehead atoms. The van der Waals surface area contributed by atoms with Crippen LogP contribution in [-0.4, -0.2) is 11.1 Å². The summed E-state index contributed by atoms with van der Waals surface area (Å²) < 4.78 is 18.5. The number of carbonyl (C=O) groups is 1. The monoisotopic (exact) mass is 336 g/mol. The number of furan rings is 1. The second-order valence-corrected chi connectivity index (χ2v) is 5.97. The highest BCUT2D eigenvalue weighted by atomic mass is 35.5. The average Bonchev–Trinajstić information content (AvgIpc) is 3.01. The first-order valence-electron chi connectivity index (χ1n) is 6.32. The summed E-state index contributed by atoms with van der Waals surface area (Å²) in [6.07, 6.45) is 1.65. The zero-order valence-electron chi connectivity index (χ0n) is 11.4. The molecule has 1 aromatic carbocycles. The molecule has 0 radical (unpaired) electrons. The van der Waals surface area contributed by atoms with Crippen LogP contribution in [0.2, 0.25) is 5.02 Å². The molecule has 1 aromatic heterocycles. The SMILES string of the molecule is Cc1ccc(C=C2SC(=Nc3ccc(F)c(Cl)c3)NC2=O)o1. The summed E-state index contributed by atoms with van der Waals surface area (Å²) in [6, 6.07) is 7.71. The number of hydrogen-bond acceptors (Lipinski definition) is 4. The minimum absolute atomic E-state index is 0.0157. The Morgan fingerprint density at radius 3 is 2.86 bits per heavy atom. The van der Waals surface area contributed by atoms with Gasteiger partial charge in [0.2, 0.25) is 0 Å². The molecule has 3 rings (SSSR count). The molecule has 0 spiro atoms. The molecule has 1 aliphatic rings. The standard InChI is InChI=1S/C15H10ClFN2O2S/c1-8-2-4-10(21-8)7-13-14(20)19-15(22-13)18-9-3-5-12(17)11(16)6-9/h2-7H,1H3,(H,18,19,20). The van der Waals surface area contributed by atoms with E-state index in [1.165, 1.54) is 30.0 Å². The van der Waals surface area contributed by atoms with Crippen LogP contribution in [0, 0.1) is 12.7 Å². The normalized spacial score (nSPS) is 18.2. The van der Waals surface area contributed by atoms with E-state index >= 15 is 0 Å². The number of carbonyl (C=O) groups excluding carboxylic acids is 1. The van der Waals surface area contributed by atoms with Crippen LogP contribution >= 0.6 is 23.4 Å². The Morgan fingerprint density at radius 1 is 1.36 bits per heavy atom. The molecule has 0 unspecified atom stereocenters. The van der Waals surface area contributed by atoms with Crippen LogP contribution in [0.15, 0.2) is 44.6 Å². The highest BCUT2D eigenvalue weighted by Gasteiger charge is 2.24. The molecular formula is C15H10ClFN2O2S. The Morgan fingerprint density at radius 2 is 2.18 bits per heavy atom. The number of nitrogens with one attached hydrogen (secondary N) is 1. The maximum absolute atomic E-state index is 13.1. The number of halogens is 2. The molecule has 0 saturated carbocycles. The third kappa shape index (κ3) is 3.23. The van der Waals surface area contributed by atoms with E-state index < -0.39 is 5.82 Å². The number of aryl methyl sites for hydroxylation is 1. The molecule has 7 heteroatoms. The fourth-order valence-electron chi connectivity index (χ4n) is 1.81. The van der Waals surface area contributed by atoms with Crippen molar-refractivity contribution < 1.29 is 13.6 Å². The zero-order chi connectivity index (χ0) is 15.7. The number of nitrogens with zero attached hydrogens (tertiary/aromatic N) is 1.